The lowest BCUT2D eigenvalue weighted by molar-refractivity contribution is 0.0779. The minimum Gasteiger partial charge on any atom is -0.336 e. The van der Waals surface area contributed by atoms with Gasteiger partial charge in [0.25, 0.3) is 5.91 Å². The third-order valence-corrected chi connectivity index (χ3v) is 5.09. The standard InChI is InChI=1S/C16H18N2O3S/c1-3-22(20,21)15-10-5-4-9-14(15)16(19)18(2)12-13-8-6-7-11-17-13/h4-11H,3,12H2,1-2H3. The zero-order valence-corrected chi connectivity index (χ0v) is 13.4. The highest BCUT2D eigenvalue weighted by Crippen LogP contribution is 2.19. The van der Waals surface area contributed by atoms with Crippen LogP contribution in [0.5, 0.6) is 0 Å². The van der Waals surface area contributed by atoms with Crippen LogP contribution in [-0.4, -0.2) is 37.0 Å². The Labute approximate surface area is 130 Å². The van der Waals surface area contributed by atoms with E-state index in [0.29, 0.717) is 6.54 Å². The predicted molar refractivity (Wildman–Crippen MR) is 84.2 cm³/mol. The van der Waals surface area contributed by atoms with E-state index in [1.807, 2.05) is 12.1 Å². The molecule has 5 nitrogen and oxygen atoms in total. The maximum absolute atomic E-state index is 12.6. The number of pyridine rings is 1. The maximum atomic E-state index is 12.6. The Balaban J connectivity index is 2.30. The average molecular weight is 318 g/mol. The SMILES string of the molecule is CCS(=O)(=O)c1ccccc1C(=O)N(C)Cc1ccccn1. The Kier molecular flexibility index (Phi) is 4.92. The Hall–Kier alpha value is -2.21. The van der Waals surface area contributed by atoms with Crippen molar-refractivity contribution in [3.63, 3.8) is 0 Å². The van der Waals surface area contributed by atoms with Crippen molar-refractivity contribution >= 4 is 15.7 Å². The molecule has 0 aliphatic heterocycles. The highest BCUT2D eigenvalue weighted by molar-refractivity contribution is 7.91. The number of carbonyl (C=O) groups is 1. The summed E-state index contributed by atoms with van der Waals surface area (Å²) < 4.78 is 24.2. The summed E-state index contributed by atoms with van der Waals surface area (Å²) in [5.74, 6) is -0.375. The van der Waals surface area contributed by atoms with Crippen LogP contribution in [0.3, 0.4) is 0 Å². The number of nitrogens with zero attached hydrogens (tertiary/aromatic N) is 2. The van der Waals surface area contributed by atoms with Gasteiger partial charge in [-0.25, -0.2) is 8.42 Å². The van der Waals surface area contributed by atoms with Crippen molar-refractivity contribution in [2.24, 2.45) is 0 Å². The molecule has 2 rings (SSSR count). The van der Waals surface area contributed by atoms with Crippen LogP contribution >= 0.6 is 0 Å². The maximum Gasteiger partial charge on any atom is 0.255 e. The third-order valence-electron chi connectivity index (χ3n) is 3.30. The van der Waals surface area contributed by atoms with Crippen molar-refractivity contribution in [1.82, 2.24) is 9.88 Å². The highest BCUT2D eigenvalue weighted by atomic mass is 32.2. The smallest absolute Gasteiger partial charge is 0.255 e. The van der Waals surface area contributed by atoms with Crippen LogP contribution in [0.25, 0.3) is 0 Å². The molecule has 1 heterocycles. The van der Waals surface area contributed by atoms with Gasteiger partial charge in [-0.3, -0.25) is 9.78 Å². The fourth-order valence-electron chi connectivity index (χ4n) is 2.08. The summed E-state index contributed by atoms with van der Waals surface area (Å²) in [6.07, 6.45) is 1.66. The van der Waals surface area contributed by atoms with Crippen LogP contribution in [-0.2, 0) is 16.4 Å². The molecule has 22 heavy (non-hydrogen) atoms. The fraction of sp³-hybridized carbons (Fsp3) is 0.250. The summed E-state index contributed by atoms with van der Waals surface area (Å²) in [5.41, 5.74) is 0.942. The minimum atomic E-state index is -3.44. The van der Waals surface area contributed by atoms with E-state index in [1.165, 1.54) is 11.0 Å². The van der Waals surface area contributed by atoms with Crippen molar-refractivity contribution in [1.29, 1.82) is 0 Å². The van der Waals surface area contributed by atoms with Gasteiger partial charge in [0.15, 0.2) is 9.84 Å². The van der Waals surface area contributed by atoms with Gasteiger partial charge < -0.3 is 4.90 Å². The first-order valence-electron chi connectivity index (χ1n) is 6.93. The van der Waals surface area contributed by atoms with E-state index in [1.54, 1.807) is 44.4 Å². The van der Waals surface area contributed by atoms with Gasteiger partial charge in [0.1, 0.15) is 0 Å². The molecule has 1 aromatic carbocycles. The monoisotopic (exact) mass is 318 g/mol. The van der Waals surface area contributed by atoms with Crippen molar-refractivity contribution in [2.45, 2.75) is 18.4 Å². The van der Waals surface area contributed by atoms with E-state index in [2.05, 4.69) is 4.98 Å². The summed E-state index contributed by atoms with van der Waals surface area (Å²) in [5, 5.41) is 0. The first-order chi connectivity index (χ1) is 10.5. The first kappa shape index (κ1) is 16.2. The van der Waals surface area contributed by atoms with E-state index in [4.69, 9.17) is 0 Å². The number of aromatic nitrogens is 1. The molecule has 0 aliphatic carbocycles. The number of benzene rings is 1. The van der Waals surface area contributed by atoms with Crippen molar-refractivity contribution in [3.05, 3.63) is 59.9 Å². The van der Waals surface area contributed by atoms with Crippen LogP contribution in [0.4, 0.5) is 0 Å². The number of sulfone groups is 1. The summed E-state index contributed by atoms with van der Waals surface area (Å²) in [6.45, 7) is 1.88. The van der Waals surface area contributed by atoms with Gasteiger partial charge >= 0.3 is 0 Å². The normalized spacial score (nSPS) is 11.2. The summed E-state index contributed by atoms with van der Waals surface area (Å²) >= 11 is 0. The zero-order valence-electron chi connectivity index (χ0n) is 12.6. The molecule has 0 N–H and O–H groups in total. The Morgan fingerprint density at radius 1 is 1.14 bits per heavy atom. The highest BCUT2D eigenvalue weighted by Gasteiger charge is 2.22. The Morgan fingerprint density at radius 3 is 2.45 bits per heavy atom. The topological polar surface area (TPSA) is 67.3 Å². The average Bonchev–Trinajstić information content (AvgIpc) is 2.55. The lowest BCUT2D eigenvalue weighted by Crippen LogP contribution is -2.28. The third kappa shape index (κ3) is 3.51. The second-order valence-corrected chi connectivity index (χ2v) is 7.13. The van der Waals surface area contributed by atoms with Crippen LogP contribution in [0.1, 0.15) is 23.0 Å². The van der Waals surface area contributed by atoms with E-state index in [9.17, 15) is 13.2 Å². The second-order valence-electron chi connectivity index (χ2n) is 4.88. The van der Waals surface area contributed by atoms with Crippen molar-refractivity contribution in [3.8, 4) is 0 Å². The molecule has 0 saturated carbocycles. The molecule has 0 aliphatic rings. The molecule has 116 valence electrons. The summed E-state index contributed by atoms with van der Waals surface area (Å²) in [4.78, 5) is 18.3. The molecular formula is C16H18N2O3S. The molecule has 6 heteroatoms. The zero-order chi connectivity index (χ0) is 16.2. The Morgan fingerprint density at radius 2 is 1.82 bits per heavy atom. The van der Waals surface area contributed by atoms with E-state index in [-0.39, 0.29) is 22.1 Å². The molecule has 1 aromatic heterocycles. The molecule has 0 spiro atoms. The number of amides is 1. The largest absolute Gasteiger partial charge is 0.336 e. The molecule has 0 unspecified atom stereocenters. The number of rotatable bonds is 5. The van der Waals surface area contributed by atoms with Crippen molar-refractivity contribution < 1.29 is 13.2 Å². The number of hydrogen-bond donors (Lipinski definition) is 0. The van der Waals surface area contributed by atoms with Gasteiger partial charge in [0.05, 0.1) is 28.5 Å². The number of carbonyl (C=O) groups excluding carboxylic acids is 1. The molecule has 0 bridgehead atoms. The molecule has 0 atom stereocenters. The van der Waals surface area contributed by atoms with Gasteiger partial charge in [0.2, 0.25) is 0 Å². The van der Waals surface area contributed by atoms with Gasteiger partial charge in [-0.15, -0.1) is 0 Å². The quantitative estimate of drug-likeness (QED) is 0.847. The molecule has 0 saturated heterocycles. The minimum absolute atomic E-state index is 0.0404. The lowest BCUT2D eigenvalue weighted by atomic mass is 10.2. The van der Waals surface area contributed by atoms with Gasteiger partial charge in [0, 0.05) is 13.2 Å². The van der Waals surface area contributed by atoms with E-state index >= 15 is 0 Å². The van der Waals surface area contributed by atoms with Crippen molar-refractivity contribution in [2.75, 3.05) is 12.8 Å². The van der Waals surface area contributed by atoms with Gasteiger partial charge in [-0.2, -0.15) is 0 Å². The molecular weight excluding hydrogens is 300 g/mol. The lowest BCUT2D eigenvalue weighted by Gasteiger charge is -2.18. The van der Waals surface area contributed by atoms with Crippen LogP contribution < -0.4 is 0 Å². The molecule has 2 aromatic rings. The van der Waals surface area contributed by atoms with Crippen LogP contribution in [0.2, 0.25) is 0 Å². The van der Waals surface area contributed by atoms with E-state index in [0.717, 1.165) is 5.69 Å². The molecule has 1 amide bonds. The molecule has 0 radical (unpaired) electrons. The fourth-order valence-corrected chi connectivity index (χ4v) is 3.17. The Bertz CT molecular complexity index is 758. The first-order valence-corrected chi connectivity index (χ1v) is 8.58. The predicted octanol–water partition coefficient (Wildman–Crippen LogP) is 2.15. The van der Waals surface area contributed by atoms with Gasteiger partial charge in [-0.1, -0.05) is 25.1 Å². The summed E-state index contributed by atoms with van der Waals surface area (Å²) in [6, 6.07) is 11.8. The van der Waals surface area contributed by atoms with Crippen LogP contribution in [0.15, 0.2) is 53.6 Å². The number of hydrogen-bond acceptors (Lipinski definition) is 4. The summed E-state index contributed by atoms with van der Waals surface area (Å²) in [7, 11) is -1.81. The second kappa shape index (κ2) is 6.70. The van der Waals surface area contributed by atoms with Crippen LogP contribution in [0, 0.1) is 0 Å². The van der Waals surface area contributed by atoms with E-state index < -0.39 is 9.84 Å². The molecule has 0 fully saturated rings. The van der Waals surface area contributed by atoms with Gasteiger partial charge in [-0.05, 0) is 24.3 Å².